The van der Waals surface area contributed by atoms with Gasteiger partial charge in [0.25, 0.3) is 11.8 Å². The lowest BCUT2D eigenvalue weighted by Gasteiger charge is -2.12. The minimum Gasteiger partial charge on any atom is -0.325 e. The molecule has 0 saturated carbocycles. The Morgan fingerprint density at radius 2 is 1.50 bits per heavy atom. The van der Waals surface area contributed by atoms with Gasteiger partial charge in [-0.1, -0.05) is 59.6 Å². The third-order valence-corrected chi connectivity index (χ3v) is 7.11. The number of hydrogen-bond donors (Lipinski definition) is 3. The molecule has 0 spiro atoms. The zero-order chi connectivity index (χ0) is 28.5. The van der Waals surface area contributed by atoms with E-state index in [1.807, 2.05) is 0 Å². The maximum atomic E-state index is 13.4. The molecule has 0 radical (unpaired) electrons. The molecule has 4 rings (SSSR count). The van der Waals surface area contributed by atoms with E-state index in [0.29, 0.717) is 32.5 Å². The summed E-state index contributed by atoms with van der Waals surface area (Å²) in [5.41, 5.74) is 1.85. The van der Waals surface area contributed by atoms with Crippen molar-refractivity contribution < 1.29 is 18.8 Å². The minimum absolute atomic E-state index is 0.0282. The van der Waals surface area contributed by atoms with Crippen molar-refractivity contribution in [3.63, 3.8) is 0 Å². The van der Waals surface area contributed by atoms with Crippen LogP contribution in [0, 0.1) is 5.82 Å². The van der Waals surface area contributed by atoms with Crippen molar-refractivity contribution >= 4 is 70.1 Å². The quantitative estimate of drug-likeness (QED) is 0.141. The third kappa shape index (κ3) is 8.44. The van der Waals surface area contributed by atoms with Crippen LogP contribution in [0.25, 0.3) is 6.08 Å². The summed E-state index contributed by atoms with van der Waals surface area (Å²) in [7, 11) is 0. The van der Waals surface area contributed by atoms with Crippen molar-refractivity contribution in [1.82, 2.24) is 5.32 Å². The molecule has 0 unspecified atom stereocenters. The molecule has 40 heavy (non-hydrogen) atoms. The highest BCUT2D eigenvalue weighted by Gasteiger charge is 2.15. The van der Waals surface area contributed by atoms with Crippen LogP contribution in [0.4, 0.5) is 15.8 Å². The molecule has 0 fully saturated rings. The van der Waals surface area contributed by atoms with E-state index in [1.165, 1.54) is 42.1 Å². The van der Waals surface area contributed by atoms with Gasteiger partial charge in [0, 0.05) is 21.8 Å². The van der Waals surface area contributed by atoms with Crippen LogP contribution in [0.2, 0.25) is 10.0 Å². The maximum Gasteiger partial charge on any atom is 0.272 e. The largest absolute Gasteiger partial charge is 0.325 e. The van der Waals surface area contributed by atoms with E-state index in [-0.39, 0.29) is 17.4 Å². The number of rotatable bonds is 9. The molecule has 4 aromatic rings. The molecule has 3 amide bonds. The summed E-state index contributed by atoms with van der Waals surface area (Å²) in [6, 6.07) is 25.7. The van der Waals surface area contributed by atoms with E-state index in [4.69, 9.17) is 23.2 Å². The molecule has 0 bridgehead atoms. The Bertz CT molecular complexity index is 1560. The van der Waals surface area contributed by atoms with E-state index in [0.717, 1.165) is 4.90 Å². The Balaban J connectivity index is 1.44. The molecule has 10 heteroatoms. The maximum absolute atomic E-state index is 13.4. The summed E-state index contributed by atoms with van der Waals surface area (Å²) in [4.78, 5) is 39.1. The summed E-state index contributed by atoms with van der Waals surface area (Å²) >= 11 is 13.2. The van der Waals surface area contributed by atoms with Crippen molar-refractivity contribution in [3.8, 4) is 0 Å². The topological polar surface area (TPSA) is 87.3 Å². The van der Waals surface area contributed by atoms with Crippen molar-refractivity contribution in [3.05, 3.63) is 130 Å². The van der Waals surface area contributed by atoms with Gasteiger partial charge < -0.3 is 16.0 Å². The smallest absolute Gasteiger partial charge is 0.272 e. The molecule has 0 saturated heterocycles. The van der Waals surface area contributed by atoms with Crippen molar-refractivity contribution in [2.75, 3.05) is 16.4 Å². The fourth-order valence-corrected chi connectivity index (χ4v) is 4.50. The molecule has 202 valence electrons. The molecule has 3 N–H and O–H groups in total. The summed E-state index contributed by atoms with van der Waals surface area (Å²) in [5, 5.41) is 8.90. The van der Waals surface area contributed by atoms with Gasteiger partial charge in [-0.3, -0.25) is 14.4 Å². The molecule has 4 aromatic carbocycles. The Hall–Kier alpha value is -4.11. The molecular formula is C30H22Cl2FN3O3S. The molecule has 0 atom stereocenters. The number of anilines is 2. The van der Waals surface area contributed by atoms with Crippen LogP contribution in [0.5, 0.6) is 0 Å². The van der Waals surface area contributed by atoms with E-state index in [1.54, 1.807) is 72.8 Å². The molecule has 6 nitrogen and oxygen atoms in total. The second kappa shape index (κ2) is 13.8. The van der Waals surface area contributed by atoms with Gasteiger partial charge in [0.05, 0.1) is 15.8 Å². The standard InChI is InChI=1S/C30H22Cl2FN3O3S/c31-25-14-13-23(17-26(25)32)34-28(37)18-40-24-8-4-7-22(16-24)35-30(39)27(15-19-9-11-21(33)12-10-19)36-29(38)20-5-2-1-3-6-20/h1-17H,18H2,(H,34,37)(H,35,39)(H,36,38)/b27-15-. The van der Waals surface area contributed by atoms with Crippen LogP contribution in [-0.4, -0.2) is 23.5 Å². The van der Waals surface area contributed by atoms with Crippen LogP contribution < -0.4 is 16.0 Å². The molecule has 0 aliphatic rings. The number of benzene rings is 4. The van der Waals surface area contributed by atoms with E-state index in [2.05, 4.69) is 16.0 Å². The van der Waals surface area contributed by atoms with Crippen molar-refractivity contribution in [2.24, 2.45) is 0 Å². The Labute approximate surface area is 244 Å². The predicted molar refractivity (Wildman–Crippen MR) is 159 cm³/mol. The molecule has 0 aliphatic carbocycles. The van der Waals surface area contributed by atoms with Gasteiger partial charge in [-0.2, -0.15) is 0 Å². The second-order valence-electron chi connectivity index (χ2n) is 8.38. The van der Waals surface area contributed by atoms with Gasteiger partial charge in [-0.15, -0.1) is 11.8 Å². The summed E-state index contributed by atoms with van der Waals surface area (Å²) in [5.74, 6) is -1.60. The first-order chi connectivity index (χ1) is 19.3. The first-order valence-electron chi connectivity index (χ1n) is 11.9. The Morgan fingerprint density at radius 3 is 2.23 bits per heavy atom. The summed E-state index contributed by atoms with van der Waals surface area (Å²) in [6.45, 7) is 0. The first kappa shape index (κ1) is 28.9. The van der Waals surface area contributed by atoms with Crippen LogP contribution in [0.3, 0.4) is 0 Å². The first-order valence-corrected chi connectivity index (χ1v) is 13.6. The SMILES string of the molecule is O=C(CSc1cccc(NC(=O)/C(=C/c2ccc(F)cc2)NC(=O)c2ccccc2)c1)Nc1ccc(Cl)c(Cl)c1. The van der Waals surface area contributed by atoms with Gasteiger partial charge in [0.1, 0.15) is 11.5 Å². The fourth-order valence-electron chi connectivity index (χ4n) is 3.45. The number of hydrogen-bond acceptors (Lipinski definition) is 4. The highest BCUT2D eigenvalue weighted by molar-refractivity contribution is 8.00. The Kier molecular flexibility index (Phi) is 9.96. The molecule has 0 aliphatic heterocycles. The van der Waals surface area contributed by atoms with Crippen LogP contribution in [0.1, 0.15) is 15.9 Å². The number of thioether (sulfide) groups is 1. The Morgan fingerprint density at radius 1 is 0.775 bits per heavy atom. The van der Waals surface area contributed by atoms with Crippen LogP contribution in [-0.2, 0) is 9.59 Å². The van der Waals surface area contributed by atoms with Crippen molar-refractivity contribution in [2.45, 2.75) is 4.90 Å². The lowest BCUT2D eigenvalue weighted by atomic mass is 10.1. The molecule has 0 aromatic heterocycles. The van der Waals surface area contributed by atoms with Gasteiger partial charge in [0.2, 0.25) is 5.91 Å². The monoisotopic (exact) mass is 593 g/mol. The highest BCUT2D eigenvalue weighted by Crippen LogP contribution is 2.26. The normalized spacial score (nSPS) is 11.0. The lowest BCUT2D eigenvalue weighted by Crippen LogP contribution is -2.30. The van der Waals surface area contributed by atoms with E-state index < -0.39 is 17.6 Å². The van der Waals surface area contributed by atoms with Gasteiger partial charge >= 0.3 is 0 Å². The van der Waals surface area contributed by atoms with E-state index >= 15 is 0 Å². The second-order valence-corrected chi connectivity index (χ2v) is 10.2. The van der Waals surface area contributed by atoms with Gasteiger partial charge in [-0.25, -0.2) is 4.39 Å². The number of carbonyl (C=O) groups is 3. The average Bonchev–Trinajstić information content (AvgIpc) is 2.95. The van der Waals surface area contributed by atoms with Gasteiger partial charge in [-0.05, 0) is 72.3 Å². The predicted octanol–water partition coefficient (Wildman–Crippen LogP) is 7.27. The summed E-state index contributed by atoms with van der Waals surface area (Å²) < 4.78 is 13.4. The fraction of sp³-hybridized carbons (Fsp3) is 0.0333. The van der Waals surface area contributed by atoms with Crippen LogP contribution >= 0.6 is 35.0 Å². The lowest BCUT2D eigenvalue weighted by molar-refractivity contribution is -0.114. The van der Waals surface area contributed by atoms with Crippen molar-refractivity contribution in [1.29, 1.82) is 0 Å². The van der Waals surface area contributed by atoms with Gasteiger partial charge in [0.15, 0.2) is 0 Å². The molecule has 0 heterocycles. The molecular weight excluding hydrogens is 572 g/mol. The number of amides is 3. The third-order valence-electron chi connectivity index (χ3n) is 5.38. The zero-order valence-electron chi connectivity index (χ0n) is 20.8. The zero-order valence-corrected chi connectivity index (χ0v) is 23.1. The summed E-state index contributed by atoms with van der Waals surface area (Å²) in [6.07, 6.45) is 1.46. The highest BCUT2D eigenvalue weighted by atomic mass is 35.5. The number of carbonyl (C=O) groups excluding carboxylic acids is 3. The average molecular weight is 594 g/mol. The van der Waals surface area contributed by atoms with Crippen LogP contribution in [0.15, 0.2) is 108 Å². The minimum atomic E-state index is -0.576. The number of nitrogens with one attached hydrogen (secondary N) is 3. The van der Waals surface area contributed by atoms with E-state index in [9.17, 15) is 18.8 Å². The number of halogens is 3.